The van der Waals surface area contributed by atoms with E-state index < -0.39 is 11.5 Å². The van der Waals surface area contributed by atoms with Crippen molar-refractivity contribution in [1.82, 2.24) is 9.80 Å². The average molecular weight is 687 g/mol. The highest BCUT2D eigenvalue weighted by molar-refractivity contribution is 5.78. The van der Waals surface area contributed by atoms with Crippen molar-refractivity contribution in [2.75, 3.05) is 14.1 Å². The van der Waals surface area contributed by atoms with Gasteiger partial charge in [0.1, 0.15) is 23.4 Å². The van der Waals surface area contributed by atoms with Crippen LogP contribution in [0.4, 0.5) is 0 Å². The standard InChI is InChI=1S/C42H74N2O5/c1-18-19-20-42(34(49-47)29-24-38(8,9)43(16)39(10,11)25-29,35(46)48-30-26-40(12,13)44(17)41(14,15)27-30)23-28-21-31(36(2,3)4)33(45)32(22-28)37(5,6)7/h21-22,29-30,34,45,47H,18-20,23-27H2,1-17H3. The van der Waals surface area contributed by atoms with Crippen molar-refractivity contribution in [3.63, 3.8) is 0 Å². The van der Waals surface area contributed by atoms with Crippen LogP contribution in [0.15, 0.2) is 12.1 Å². The Hall–Kier alpha value is -1.67. The quantitative estimate of drug-likeness (QED) is 0.144. The minimum absolute atomic E-state index is 0.0951. The molecule has 0 aliphatic carbocycles. The number of rotatable bonds is 10. The fourth-order valence-electron chi connectivity index (χ4n) is 9.35. The summed E-state index contributed by atoms with van der Waals surface area (Å²) in [5.41, 5.74) is 0.186. The van der Waals surface area contributed by atoms with Gasteiger partial charge in [-0.2, -0.15) is 0 Å². The van der Waals surface area contributed by atoms with Gasteiger partial charge in [0.15, 0.2) is 0 Å². The molecule has 7 heteroatoms. The number of hydrogen-bond donors (Lipinski definition) is 2. The van der Waals surface area contributed by atoms with Gasteiger partial charge < -0.3 is 9.84 Å². The first-order valence-corrected chi connectivity index (χ1v) is 18.9. The van der Waals surface area contributed by atoms with E-state index in [2.05, 4.69) is 140 Å². The lowest BCUT2D eigenvalue weighted by Gasteiger charge is -2.56. The highest BCUT2D eigenvalue weighted by atomic mass is 17.1. The van der Waals surface area contributed by atoms with Crippen LogP contribution in [0.2, 0.25) is 0 Å². The smallest absolute Gasteiger partial charge is 0.315 e. The summed E-state index contributed by atoms with van der Waals surface area (Å²) in [5.74, 6) is -0.0595. The fourth-order valence-corrected chi connectivity index (χ4v) is 9.35. The molecular formula is C42H74N2O5. The van der Waals surface area contributed by atoms with E-state index in [1.807, 2.05) is 0 Å². The van der Waals surface area contributed by atoms with Gasteiger partial charge in [-0.3, -0.25) is 19.9 Å². The fraction of sp³-hybridized carbons (Fsp3) is 0.833. The summed E-state index contributed by atoms with van der Waals surface area (Å²) >= 11 is 0. The van der Waals surface area contributed by atoms with Crippen molar-refractivity contribution in [1.29, 1.82) is 0 Å². The van der Waals surface area contributed by atoms with Gasteiger partial charge in [-0.1, -0.05) is 73.4 Å². The second kappa shape index (κ2) is 14.0. The molecule has 2 unspecified atom stereocenters. The van der Waals surface area contributed by atoms with Gasteiger partial charge in [-0.25, -0.2) is 4.89 Å². The number of piperidine rings is 2. The largest absolute Gasteiger partial charge is 0.507 e. The van der Waals surface area contributed by atoms with Crippen molar-refractivity contribution in [2.24, 2.45) is 11.3 Å². The van der Waals surface area contributed by atoms with Crippen molar-refractivity contribution >= 4 is 5.97 Å². The second-order valence-corrected chi connectivity index (χ2v) is 20.5. The number of carbonyl (C=O) groups is 1. The maximum Gasteiger partial charge on any atom is 0.315 e. The number of hydrogen-bond acceptors (Lipinski definition) is 7. The molecule has 2 N–H and O–H groups in total. The zero-order chi connectivity index (χ0) is 37.8. The molecule has 49 heavy (non-hydrogen) atoms. The number of nitrogens with zero attached hydrogens (tertiary/aromatic N) is 2. The van der Waals surface area contributed by atoms with E-state index in [0.717, 1.165) is 55.2 Å². The summed E-state index contributed by atoms with van der Waals surface area (Å²) in [4.78, 5) is 25.8. The highest BCUT2D eigenvalue weighted by Crippen LogP contribution is 2.50. The Bertz CT molecular complexity index is 1250. The molecule has 1 aromatic rings. The molecule has 0 aromatic heterocycles. The Morgan fingerprint density at radius 1 is 0.816 bits per heavy atom. The van der Waals surface area contributed by atoms with Crippen LogP contribution in [-0.4, -0.2) is 74.6 Å². The number of phenolic OH excluding ortho intramolecular Hbond substituents is 1. The molecule has 2 aliphatic heterocycles. The summed E-state index contributed by atoms with van der Waals surface area (Å²) < 4.78 is 6.75. The molecule has 2 atom stereocenters. The summed E-state index contributed by atoms with van der Waals surface area (Å²) in [7, 11) is 4.33. The molecule has 0 bridgehead atoms. The van der Waals surface area contributed by atoms with Crippen LogP contribution >= 0.6 is 0 Å². The molecule has 3 rings (SSSR count). The maximum atomic E-state index is 15.3. The number of carbonyl (C=O) groups excluding carboxylic acids is 1. The van der Waals surface area contributed by atoms with E-state index in [1.54, 1.807) is 0 Å². The first-order chi connectivity index (χ1) is 22.1. The van der Waals surface area contributed by atoms with Gasteiger partial charge in [0.2, 0.25) is 0 Å². The van der Waals surface area contributed by atoms with Gasteiger partial charge in [-0.15, -0.1) is 0 Å². The number of esters is 1. The molecule has 0 amide bonds. The predicted octanol–water partition coefficient (Wildman–Crippen LogP) is 9.66. The zero-order valence-corrected chi connectivity index (χ0v) is 34.6. The van der Waals surface area contributed by atoms with Crippen molar-refractivity contribution in [2.45, 2.75) is 200 Å². The number of unbranched alkanes of at least 4 members (excludes halogenated alkanes) is 1. The summed E-state index contributed by atoms with van der Waals surface area (Å²) in [6.45, 7) is 32.7. The highest BCUT2D eigenvalue weighted by Gasteiger charge is 2.57. The normalized spacial score (nSPS) is 24.0. The summed E-state index contributed by atoms with van der Waals surface area (Å²) in [6, 6.07) is 4.16. The topological polar surface area (TPSA) is 82.5 Å². The van der Waals surface area contributed by atoms with Crippen LogP contribution in [0.3, 0.4) is 0 Å². The van der Waals surface area contributed by atoms with Crippen molar-refractivity contribution < 1.29 is 24.8 Å². The number of likely N-dealkylation sites (tertiary alicyclic amines) is 2. The predicted molar refractivity (Wildman–Crippen MR) is 202 cm³/mol. The van der Waals surface area contributed by atoms with Gasteiger partial charge in [0, 0.05) is 35.0 Å². The molecule has 2 aliphatic rings. The third kappa shape index (κ3) is 8.69. The molecular weight excluding hydrogens is 612 g/mol. The number of benzene rings is 1. The minimum atomic E-state index is -1.16. The Labute approximate surface area is 300 Å². The van der Waals surface area contributed by atoms with Crippen LogP contribution in [0.5, 0.6) is 5.75 Å². The minimum Gasteiger partial charge on any atom is -0.507 e. The van der Waals surface area contributed by atoms with Crippen LogP contribution in [0.25, 0.3) is 0 Å². The zero-order valence-electron chi connectivity index (χ0n) is 34.6. The second-order valence-electron chi connectivity index (χ2n) is 20.5. The lowest BCUT2D eigenvalue weighted by atomic mass is 9.62. The van der Waals surface area contributed by atoms with E-state index in [-0.39, 0.29) is 51.0 Å². The Morgan fingerprint density at radius 3 is 1.59 bits per heavy atom. The molecule has 0 saturated carbocycles. The molecule has 2 saturated heterocycles. The number of phenols is 1. The molecule has 7 nitrogen and oxygen atoms in total. The van der Waals surface area contributed by atoms with Crippen LogP contribution < -0.4 is 0 Å². The molecule has 2 fully saturated rings. The van der Waals surface area contributed by atoms with Gasteiger partial charge in [-0.05, 0) is 129 Å². The summed E-state index contributed by atoms with van der Waals surface area (Å²) in [5, 5.41) is 22.7. The lowest BCUT2D eigenvalue weighted by molar-refractivity contribution is -0.324. The molecule has 0 radical (unpaired) electrons. The Kier molecular flexibility index (Phi) is 12.0. The van der Waals surface area contributed by atoms with E-state index in [1.165, 1.54) is 0 Å². The lowest BCUT2D eigenvalue weighted by Crippen LogP contribution is -2.63. The molecule has 0 spiro atoms. The summed E-state index contributed by atoms with van der Waals surface area (Å²) in [6.07, 6.45) is 4.48. The molecule has 1 aromatic carbocycles. The third-order valence-corrected chi connectivity index (χ3v) is 12.7. The SMILES string of the molecule is CCCCC(Cc1cc(C(C)(C)C)c(O)c(C(C)(C)C)c1)(C(=O)OC1CC(C)(C)N(C)C(C)(C)C1)C(OO)C1CC(C)(C)N(C)C(C)(C)C1. The first-order valence-electron chi connectivity index (χ1n) is 18.9. The maximum absolute atomic E-state index is 15.3. The average Bonchev–Trinajstić information content (AvgIpc) is 2.92. The van der Waals surface area contributed by atoms with E-state index in [9.17, 15) is 10.4 Å². The third-order valence-electron chi connectivity index (χ3n) is 12.7. The number of aromatic hydroxyl groups is 1. The van der Waals surface area contributed by atoms with Crippen molar-refractivity contribution in [3.8, 4) is 5.75 Å². The number of ether oxygens (including phenoxy) is 1. The van der Waals surface area contributed by atoms with Gasteiger partial charge in [0.25, 0.3) is 0 Å². The van der Waals surface area contributed by atoms with Crippen LogP contribution in [0, 0.1) is 11.3 Å². The van der Waals surface area contributed by atoms with Crippen LogP contribution in [-0.2, 0) is 31.7 Å². The van der Waals surface area contributed by atoms with Gasteiger partial charge >= 0.3 is 5.97 Å². The first kappa shape index (κ1) is 41.7. The van der Waals surface area contributed by atoms with E-state index >= 15 is 4.79 Å². The molecule has 2 heterocycles. The Morgan fingerprint density at radius 2 is 1.22 bits per heavy atom. The van der Waals surface area contributed by atoms with E-state index in [0.29, 0.717) is 18.6 Å². The molecule has 282 valence electrons. The Balaban J connectivity index is 2.30. The monoisotopic (exact) mass is 687 g/mol. The van der Waals surface area contributed by atoms with Crippen LogP contribution in [0.1, 0.15) is 165 Å². The van der Waals surface area contributed by atoms with Crippen molar-refractivity contribution in [3.05, 3.63) is 28.8 Å². The van der Waals surface area contributed by atoms with Gasteiger partial charge in [0.05, 0.1) is 0 Å². The van der Waals surface area contributed by atoms with E-state index in [4.69, 9.17) is 9.62 Å².